The van der Waals surface area contributed by atoms with Gasteiger partial charge in [0.25, 0.3) is 0 Å². The summed E-state index contributed by atoms with van der Waals surface area (Å²) in [7, 11) is 7.32. The molecular weight excluding hydrogens is 207 g/mol. The number of nitrogens with one attached hydrogen (secondary N) is 1. The van der Waals surface area contributed by atoms with Gasteiger partial charge >= 0.3 is 0 Å². The fourth-order valence-electron chi connectivity index (χ4n) is 1.63. The zero-order valence-corrected chi connectivity index (χ0v) is 10.2. The first-order valence-electron chi connectivity index (χ1n) is 5.24. The molecule has 0 bridgehead atoms. The molecule has 3 nitrogen and oxygen atoms in total. The van der Waals surface area contributed by atoms with Crippen molar-refractivity contribution >= 4 is 0 Å². The highest BCUT2D eigenvalue weighted by atomic mass is 19.1. The number of hydrogen-bond donors (Lipinski definition) is 1. The summed E-state index contributed by atoms with van der Waals surface area (Å²) >= 11 is 0. The third-order valence-electron chi connectivity index (χ3n) is 2.47. The lowest BCUT2D eigenvalue weighted by Crippen LogP contribution is -2.28. The molecule has 0 spiro atoms. The molecule has 0 aliphatic carbocycles. The summed E-state index contributed by atoms with van der Waals surface area (Å²) in [4.78, 5) is 2.06. The molecule has 0 aromatic heterocycles. The second kappa shape index (κ2) is 5.82. The number of hydrogen-bond acceptors (Lipinski definition) is 3. The van der Waals surface area contributed by atoms with Crippen molar-refractivity contribution in [1.29, 1.82) is 0 Å². The van der Waals surface area contributed by atoms with Crippen LogP contribution in [0.25, 0.3) is 0 Å². The van der Waals surface area contributed by atoms with Crippen LogP contribution in [0.1, 0.15) is 11.6 Å². The highest BCUT2D eigenvalue weighted by Gasteiger charge is 2.12. The maximum absolute atomic E-state index is 13.5. The van der Waals surface area contributed by atoms with Gasteiger partial charge in [0.05, 0.1) is 7.11 Å². The molecule has 0 radical (unpaired) electrons. The normalized spacial score (nSPS) is 12.9. The first-order chi connectivity index (χ1) is 7.58. The van der Waals surface area contributed by atoms with E-state index in [-0.39, 0.29) is 17.6 Å². The fourth-order valence-corrected chi connectivity index (χ4v) is 1.63. The van der Waals surface area contributed by atoms with Crippen molar-refractivity contribution in [3.63, 3.8) is 0 Å². The molecule has 4 heteroatoms. The Morgan fingerprint density at radius 3 is 2.56 bits per heavy atom. The van der Waals surface area contributed by atoms with E-state index in [9.17, 15) is 4.39 Å². The van der Waals surface area contributed by atoms with E-state index >= 15 is 0 Å². The maximum atomic E-state index is 13.5. The van der Waals surface area contributed by atoms with Crippen LogP contribution < -0.4 is 10.1 Å². The highest BCUT2D eigenvalue weighted by Crippen LogP contribution is 2.21. The van der Waals surface area contributed by atoms with Gasteiger partial charge < -0.3 is 15.0 Å². The van der Waals surface area contributed by atoms with Gasteiger partial charge in [-0.1, -0.05) is 6.07 Å². The third kappa shape index (κ3) is 3.18. The van der Waals surface area contributed by atoms with E-state index in [1.165, 1.54) is 13.2 Å². The Balaban J connectivity index is 2.89. The molecule has 1 atom stereocenters. The first-order valence-corrected chi connectivity index (χ1v) is 5.24. The van der Waals surface area contributed by atoms with E-state index < -0.39 is 0 Å². The molecule has 0 amide bonds. The Bertz CT molecular complexity index is 342. The quantitative estimate of drug-likeness (QED) is 0.826. The molecule has 1 rings (SSSR count). The van der Waals surface area contributed by atoms with E-state index in [1.54, 1.807) is 6.07 Å². The predicted octanol–water partition coefficient (Wildman–Crippen LogP) is 1.66. The monoisotopic (exact) mass is 226 g/mol. The number of ether oxygens (including phenoxy) is 1. The summed E-state index contributed by atoms with van der Waals surface area (Å²) in [5.74, 6) is -0.0394. The van der Waals surface area contributed by atoms with Crippen molar-refractivity contribution < 1.29 is 9.13 Å². The lowest BCUT2D eigenvalue weighted by molar-refractivity contribution is 0.350. The van der Waals surface area contributed by atoms with Crippen molar-refractivity contribution in [2.45, 2.75) is 6.04 Å². The van der Waals surface area contributed by atoms with Gasteiger partial charge in [-0.3, -0.25) is 0 Å². The summed E-state index contributed by atoms with van der Waals surface area (Å²) in [6, 6.07) is 5.18. The van der Waals surface area contributed by atoms with Crippen LogP contribution >= 0.6 is 0 Å². The van der Waals surface area contributed by atoms with Gasteiger partial charge in [0.15, 0.2) is 11.6 Å². The molecular formula is C12H19FN2O. The Hall–Kier alpha value is -1.13. The molecule has 0 aliphatic heterocycles. The van der Waals surface area contributed by atoms with Gasteiger partial charge in [-0.2, -0.15) is 0 Å². The Labute approximate surface area is 96.2 Å². The number of benzene rings is 1. The van der Waals surface area contributed by atoms with Gasteiger partial charge in [0.2, 0.25) is 0 Å². The smallest absolute Gasteiger partial charge is 0.165 e. The second-order valence-corrected chi connectivity index (χ2v) is 4.00. The van der Waals surface area contributed by atoms with Gasteiger partial charge in [-0.15, -0.1) is 0 Å². The summed E-state index contributed by atoms with van der Waals surface area (Å²) in [6.07, 6.45) is 0. The second-order valence-electron chi connectivity index (χ2n) is 4.00. The largest absolute Gasteiger partial charge is 0.494 e. The summed E-state index contributed by atoms with van der Waals surface area (Å²) < 4.78 is 18.4. The molecule has 0 heterocycles. The van der Waals surface area contributed by atoms with Crippen LogP contribution in [0.4, 0.5) is 4.39 Å². The zero-order valence-electron chi connectivity index (χ0n) is 10.2. The molecule has 1 aromatic rings. The molecule has 0 saturated carbocycles. The molecule has 0 fully saturated rings. The van der Waals surface area contributed by atoms with E-state index in [0.29, 0.717) is 0 Å². The lowest BCUT2D eigenvalue weighted by Gasteiger charge is -2.21. The number of rotatable bonds is 5. The van der Waals surface area contributed by atoms with Crippen LogP contribution in [-0.2, 0) is 0 Å². The minimum absolute atomic E-state index is 0.121. The Morgan fingerprint density at radius 1 is 1.44 bits per heavy atom. The topological polar surface area (TPSA) is 24.5 Å². The average Bonchev–Trinajstić information content (AvgIpc) is 2.25. The van der Waals surface area contributed by atoms with Crippen LogP contribution in [-0.4, -0.2) is 39.7 Å². The highest BCUT2D eigenvalue weighted by molar-refractivity contribution is 5.31. The molecule has 90 valence electrons. The minimum Gasteiger partial charge on any atom is -0.494 e. The molecule has 1 unspecified atom stereocenters. The van der Waals surface area contributed by atoms with Crippen LogP contribution in [0, 0.1) is 5.82 Å². The zero-order chi connectivity index (χ0) is 12.1. The van der Waals surface area contributed by atoms with Crippen molar-refractivity contribution in [2.24, 2.45) is 0 Å². The third-order valence-corrected chi connectivity index (χ3v) is 2.47. The number of likely N-dealkylation sites (N-methyl/N-ethyl adjacent to an activating group) is 2. The number of halogens is 1. The summed E-state index contributed by atoms with van der Waals surface area (Å²) in [5, 5.41) is 3.17. The van der Waals surface area contributed by atoms with Crippen LogP contribution in [0.3, 0.4) is 0 Å². The van der Waals surface area contributed by atoms with Crippen LogP contribution in [0.15, 0.2) is 18.2 Å². The van der Waals surface area contributed by atoms with Crippen molar-refractivity contribution in [2.75, 3.05) is 34.8 Å². The fraction of sp³-hybridized carbons (Fsp3) is 0.500. The first kappa shape index (κ1) is 12.9. The molecule has 0 aliphatic rings. The maximum Gasteiger partial charge on any atom is 0.165 e. The standard InChI is InChI=1S/C12H19FN2O/c1-14-11(8-15(2)3)9-5-6-12(16-4)10(13)7-9/h5-7,11,14H,8H2,1-4H3. The van der Waals surface area contributed by atoms with E-state index in [2.05, 4.69) is 10.2 Å². The van der Waals surface area contributed by atoms with Gasteiger partial charge in [-0.25, -0.2) is 4.39 Å². The van der Waals surface area contributed by atoms with Crippen molar-refractivity contribution in [3.8, 4) is 5.75 Å². The summed E-state index contributed by atoms with van der Waals surface area (Å²) in [5.41, 5.74) is 0.925. The summed E-state index contributed by atoms with van der Waals surface area (Å²) in [6.45, 7) is 0.822. The molecule has 16 heavy (non-hydrogen) atoms. The molecule has 0 saturated heterocycles. The predicted molar refractivity (Wildman–Crippen MR) is 63.3 cm³/mol. The van der Waals surface area contributed by atoms with Gasteiger partial charge in [0.1, 0.15) is 0 Å². The van der Waals surface area contributed by atoms with E-state index in [1.807, 2.05) is 27.2 Å². The molecule has 1 N–H and O–H groups in total. The van der Waals surface area contributed by atoms with Gasteiger partial charge in [0, 0.05) is 12.6 Å². The Morgan fingerprint density at radius 2 is 2.12 bits per heavy atom. The van der Waals surface area contributed by atoms with E-state index in [0.717, 1.165) is 12.1 Å². The average molecular weight is 226 g/mol. The van der Waals surface area contributed by atoms with Crippen molar-refractivity contribution in [3.05, 3.63) is 29.6 Å². The number of nitrogens with zero attached hydrogens (tertiary/aromatic N) is 1. The van der Waals surface area contributed by atoms with Crippen LogP contribution in [0.5, 0.6) is 5.75 Å². The van der Waals surface area contributed by atoms with Crippen molar-refractivity contribution in [1.82, 2.24) is 10.2 Å². The van der Waals surface area contributed by atoms with Crippen LogP contribution in [0.2, 0.25) is 0 Å². The molecule has 1 aromatic carbocycles. The lowest BCUT2D eigenvalue weighted by atomic mass is 10.1. The SMILES string of the molecule is CNC(CN(C)C)c1ccc(OC)c(F)c1. The Kier molecular flexibility index (Phi) is 4.71. The van der Waals surface area contributed by atoms with E-state index in [4.69, 9.17) is 4.74 Å². The number of methoxy groups -OCH3 is 1. The van der Waals surface area contributed by atoms with Gasteiger partial charge in [-0.05, 0) is 38.8 Å². The minimum atomic E-state index is -0.320.